The summed E-state index contributed by atoms with van der Waals surface area (Å²) in [4.78, 5) is 26.7. The molecule has 0 saturated heterocycles. The third kappa shape index (κ3) is 3.56. The molecule has 124 valence electrons. The second-order valence-electron chi connectivity index (χ2n) is 4.43. The van der Waals surface area contributed by atoms with Crippen molar-refractivity contribution in [3.63, 3.8) is 0 Å². The van der Waals surface area contributed by atoms with E-state index >= 15 is 0 Å². The number of hydrogen-bond acceptors (Lipinski definition) is 6. The van der Waals surface area contributed by atoms with Gasteiger partial charge < -0.3 is 4.98 Å². The molecule has 1 heterocycles. The summed E-state index contributed by atoms with van der Waals surface area (Å²) < 4.78 is 62.4. The number of anilines is 1. The molecular weight excluding hydrogens is 345 g/mol. The van der Waals surface area contributed by atoms with Gasteiger partial charge in [0, 0.05) is 6.07 Å². The topological polar surface area (TPSA) is 135 Å². The lowest BCUT2D eigenvalue weighted by atomic mass is 10.1. The second-order valence-corrected chi connectivity index (χ2v) is 6.18. The summed E-state index contributed by atoms with van der Waals surface area (Å²) in [5.74, 6) is -0.714. The van der Waals surface area contributed by atoms with E-state index in [1.54, 1.807) is 4.72 Å². The number of nitrogens with one attached hydrogen (secondary N) is 2. The highest BCUT2D eigenvalue weighted by atomic mass is 32.2. The molecule has 0 aliphatic heterocycles. The van der Waals surface area contributed by atoms with Crippen molar-refractivity contribution in [3.8, 4) is 0 Å². The number of rotatable bonds is 3. The fourth-order valence-electron chi connectivity index (χ4n) is 1.75. The normalized spacial score (nSPS) is 12.3. The van der Waals surface area contributed by atoms with Crippen LogP contribution in [0.1, 0.15) is 5.56 Å². The molecule has 0 aliphatic carbocycles. The van der Waals surface area contributed by atoms with Gasteiger partial charge in [0.2, 0.25) is 15.8 Å². The summed E-state index contributed by atoms with van der Waals surface area (Å²) >= 11 is 0. The molecule has 13 heteroatoms. The highest BCUT2D eigenvalue weighted by Crippen LogP contribution is 2.37. The Morgan fingerprint density at radius 2 is 1.96 bits per heavy atom. The standard InChI is InChI=1S/C10H7F3N4O5S/c1-23(21,22)16-8-9(18)15-5-2-4(10(11,12)13)7(17(19)20)3-6(5)14-8/h2-3H,1H3,(H,14,16)(H,15,18). The Bertz CT molecular complexity index is 967. The average Bonchev–Trinajstić information content (AvgIpc) is 2.35. The van der Waals surface area contributed by atoms with Gasteiger partial charge in [-0.05, 0) is 6.07 Å². The molecule has 23 heavy (non-hydrogen) atoms. The fraction of sp³-hybridized carbons (Fsp3) is 0.200. The van der Waals surface area contributed by atoms with E-state index in [4.69, 9.17) is 0 Å². The summed E-state index contributed by atoms with van der Waals surface area (Å²) in [6.45, 7) is 0. The maximum atomic E-state index is 12.8. The minimum Gasteiger partial charge on any atom is -0.317 e. The number of nitro groups is 1. The molecule has 1 aromatic heterocycles. The molecule has 2 rings (SSSR count). The predicted octanol–water partition coefficient (Wildman–Crippen LogP) is 1.22. The van der Waals surface area contributed by atoms with Crippen LogP contribution in [0.5, 0.6) is 0 Å². The molecule has 9 nitrogen and oxygen atoms in total. The highest BCUT2D eigenvalue weighted by Gasteiger charge is 2.39. The molecule has 2 N–H and O–H groups in total. The summed E-state index contributed by atoms with van der Waals surface area (Å²) in [6.07, 6.45) is -4.29. The van der Waals surface area contributed by atoms with E-state index in [1.165, 1.54) is 0 Å². The molecule has 0 saturated carbocycles. The molecule has 0 fully saturated rings. The largest absolute Gasteiger partial charge is 0.423 e. The SMILES string of the molecule is CS(=O)(=O)Nc1nc2cc([N+](=O)[O-])c(C(F)(F)F)cc2[nH]c1=O. The number of benzene rings is 1. The van der Waals surface area contributed by atoms with Crippen LogP contribution in [0.25, 0.3) is 11.0 Å². The van der Waals surface area contributed by atoms with Crippen molar-refractivity contribution in [1.82, 2.24) is 9.97 Å². The van der Waals surface area contributed by atoms with E-state index in [0.29, 0.717) is 12.1 Å². The summed E-state index contributed by atoms with van der Waals surface area (Å²) in [5, 5.41) is 10.8. The van der Waals surface area contributed by atoms with Gasteiger partial charge in [0.05, 0.1) is 22.2 Å². The van der Waals surface area contributed by atoms with E-state index in [1.807, 2.05) is 4.98 Å². The molecule has 2 aromatic rings. The van der Waals surface area contributed by atoms with Crippen LogP contribution >= 0.6 is 0 Å². The van der Waals surface area contributed by atoms with Gasteiger partial charge in [0.25, 0.3) is 11.2 Å². The van der Waals surface area contributed by atoms with Crippen LogP contribution in [-0.4, -0.2) is 29.6 Å². The van der Waals surface area contributed by atoms with Crippen LogP contribution < -0.4 is 10.3 Å². The molecule has 0 atom stereocenters. The summed E-state index contributed by atoms with van der Waals surface area (Å²) in [6, 6.07) is 0.869. The molecule has 0 bridgehead atoms. The van der Waals surface area contributed by atoms with Crippen LogP contribution in [0, 0.1) is 10.1 Å². The van der Waals surface area contributed by atoms with Gasteiger partial charge in [0.15, 0.2) is 0 Å². The van der Waals surface area contributed by atoms with Crippen LogP contribution in [0.2, 0.25) is 0 Å². The van der Waals surface area contributed by atoms with Gasteiger partial charge in [0.1, 0.15) is 5.56 Å². The number of nitro benzene ring substituents is 1. The summed E-state index contributed by atoms with van der Waals surface area (Å²) in [5.41, 5.74) is -4.72. The van der Waals surface area contributed by atoms with Gasteiger partial charge in [-0.15, -0.1) is 0 Å². The lowest BCUT2D eigenvalue weighted by Crippen LogP contribution is -2.21. The number of hydrogen-bond donors (Lipinski definition) is 2. The minimum atomic E-state index is -5.02. The minimum absolute atomic E-state index is 0.367. The molecule has 0 unspecified atom stereocenters. The van der Waals surface area contributed by atoms with Crippen LogP contribution in [0.15, 0.2) is 16.9 Å². The van der Waals surface area contributed by atoms with E-state index in [2.05, 4.69) is 4.98 Å². The zero-order chi connectivity index (χ0) is 17.6. The zero-order valence-corrected chi connectivity index (χ0v) is 11.9. The number of halogens is 3. The average molecular weight is 352 g/mol. The quantitative estimate of drug-likeness (QED) is 0.630. The predicted molar refractivity (Wildman–Crippen MR) is 72.5 cm³/mol. The van der Waals surface area contributed by atoms with E-state index in [9.17, 15) is 36.5 Å². The first-order chi connectivity index (χ1) is 10.4. The Morgan fingerprint density at radius 1 is 1.35 bits per heavy atom. The van der Waals surface area contributed by atoms with Crippen molar-refractivity contribution in [2.45, 2.75) is 6.18 Å². The van der Waals surface area contributed by atoms with Crippen LogP contribution in [-0.2, 0) is 16.2 Å². The van der Waals surface area contributed by atoms with Crippen molar-refractivity contribution in [2.24, 2.45) is 0 Å². The van der Waals surface area contributed by atoms with Crippen molar-refractivity contribution < 1.29 is 26.5 Å². The smallest absolute Gasteiger partial charge is 0.317 e. The Balaban J connectivity index is 2.79. The first-order valence-electron chi connectivity index (χ1n) is 5.66. The number of aromatic amines is 1. The van der Waals surface area contributed by atoms with Crippen molar-refractivity contribution in [2.75, 3.05) is 11.0 Å². The monoisotopic (exact) mass is 352 g/mol. The lowest BCUT2D eigenvalue weighted by Gasteiger charge is -2.09. The number of fused-ring (bicyclic) bond motifs is 1. The maximum absolute atomic E-state index is 12.8. The fourth-order valence-corrected chi connectivity index (χ4v) is 2.24. The Labute approximate surface area is 125 Å². The Hall–Kier alpha value is -2.70. The molecule has 0 aliphatic rings. The van der Waals surface area contributed by atoms with Crippen molar-refractivity contribution in [3.05, 3.63) is 38.2 Å². The molecule has 0 amide bonds. The number of nitrogens with zero attached hydrogens (tertiary/aromatic N) is 2. The summed E-state index contributed by atoms with van der Waals surface area (Å²) in [7, 11) is -3.87. The molecule has 1 aromatic carbocycles. The molecule has 0 spiro atoms. The van der Waals surface area contributed by atoms with Crippen molar-refractivity contribution >= 4 is 32.6 Å². The number of aromatic nitrogens is 2. The van der Waals surface area contributed by atoms with E-state index < -0.39 is 49.3 Å². The number of H-pyrrole nitrogens is 1. The third-order valence-corrected chi connectivity index (χ3v) is 3.16. The van der Waals surface area contributed by atoms with Gasteiger partial charge in [-0.1, -0.05) is 0 Å². The van der Waals surface area contributed by atoms with Gasteiger partial charge in [-0.3, -0.25) is 19.6 Å². The van der Waals surface area contributed by atoms with E-state index in [0.717, 1.165) is 6.26 Å². The second kappa shape index (κ2) is 5.19. The van der Waals surface area contributed by atoms with Crippen molar-refractivity contribution in [1.29, 1.82) is 0 Å². The third-order valence-electron chi connectivity index (χ3n) is 2.59. The maximum Gasteiger partial charge on any atom is 0.423 e. The Morgan fingerprint density at radius 3 is 2.43 bits per heavy atom. The lowest BCUT2D eigenvalue weighted by molar-refractivity contribution is -0.387. The number of sulfonamides is 1. The number of alkyl halides is 3. The highest BCUT2D eigenvalue weighted by molar-refractivity contribution is 7.92. The van der Waals surface area contributed by atoms with Gasteiger partial charge >= 0.3 is 6.18 Å². The first-order valence-corrected chi connectivity index (χ1v) is 7.55. The van der Waals surface area contributed by atoms with Crippen LogP contribution in [0.4, 0.5) is 24.7 Å². The molecular formula is C10H7F3N4O5S. The van der Waals surface area contributed by atoms with Gasteiger partial charge in [-0.2, -0.15) is 13.2 Å². The molecule has 0 radical (unpaired) electrons. The first kappa shape index (κ1) is 16.7. The Kier molecular flexibility index (Phi) is 3.76. The van der Waals surface area contributed by atoms with Crippen LogP contribution in [0.3, 0.4) is 0 Å². The zero-order valence-electron chi connectivity index (χ0n) is 11.1. The van der Waals surface area contributed by atoms with Gasteiger partial charge in [-0.25, -0.2) is 13.4 Å². The van der Waals surface area contributed by atoms with E-state index in [-0.39, 0.29) is 5.52 Å².